The molecule has 0 aliphatic carbocycles. The largest absolute Gasteiger partial charge is 0.447 e. The Morgan fingerprint density at radius 1 is 1.17 bits per heavy atom. The van der Waals surface area contributed by atoms with Crippen molar-refractivity contribution in [2.75, 3.05) is 53.0 Å². The zero-order chi connectivity index (χ0) is 18.4. The Morgan fingerprint density at radius 3 is 2.29 bits per heavy atom. The maximum atomic E-state index is 11.0. The number of amides is 1. The first-order chi connectivity index (χ1) is 11.4. The number of carbonyl (C=O) groups excluding carboxylic acids is 1. The molecule has 24 heavy (non-hydrogen) atoms. The van der Waals surface area contributed by atoms with Gasteiger partial charge in [0.1, 0.15) is 0 Å². The summed E-state index contributed by atoms with van der Waals surface area (Å²) in [5.41, 5.74) is 0. The van der Waals surface area contributed by atoms with Crippen LogP contribution in [0.3, 0.4) is 0 Å². The molecule has 0 N–H and O–H groups in total. The molecule has 6 heteroatoms. The van der Waals surface area contributed by atoms with Crippen molar-refractivity contribution < 1.29 is 19.0 Å². The fourth-order valence-corrected chi connectivity index (χ4v) is 2.15. The highest BCUT2D eigenvalue weighted by Crippen LogP contribution is 1.99. The maximum Gasteiger partial charge on any atom is 0.409 e. The fraction of sp³-hybridized carbons (Fsp3) is 0.944. The highest BCUT2D eigenvalue weighted by molar-refractivity contribution is 5.67. The highest BCUT2D eigenvalue weighted by atomic mass is 16.6. The molecule has 0 unspecified atom stereocenters. The van der Waals surface area contributed by atoms with Crippen molar-refractivity contribution in [1.82, 2.24) is 9.80 Å². The lowest BCUT2D eigenvalue weighted by atomic mass is 10.3. The molecule has 1 heterocycles. The summed E-state index contributed by atoms with van der Waals surface area (Å²) < 4.78 is 15.7. The lowest BCUT2D eigenvalue weighted by Crippen LogP contribution is -2.37. The molecule has 1 fully saturated rings. The highest BCUT2D eigenvalue weighted by Gasteiger charge is 2.10. The molecule has 6 nitrogen and oxygen atoms in total. The number of nitrogens with zero attached hydrogens (tertiary/aromatic N) is 2. The number of rotatable bonds is 8. The van der Waals surface area contributed by atoms with Crippen LogP contribution in [0, 0.1) is 0 Å². The van der Waals surface area contributed by atoms with Crippen molar-refractivity contribution in [3.63, 3.8) is 0 Å². The van der Waals surface area contributed by atoms with E-state index in [1.165, 1.54) is 0 Å². The lowest BCUT2D eigenvalue weighted by molar-refractivity contribution is 0.0266. The summed E-state index contributed by atoms with van der Waals surface area (Å²) in [6, 6.07) is 0. The minimum absolute atomic E-state index is 0.0261. The van der Waals surface area contributed by atoms with Gasteiger partial charge < -0.3 is 19.1 Å². The van der Waals surface area contributed by atoms with Gasteiger partial charge in [0.15, 0.2) is 0 Å². The Morgan fingerprint density at radius 2 is 1.79 bits per heavy atom. The second kappa shape index (κ2) is 14.5. The monoisotopic (exact) mass is 346 g/mol. The zero-order valence-corrected chi connectivity index (χ0v) is 16.5. The van der Waals surface area contributed by atoms with Crippen LogP contribution in [0.5, 0.6) is 0 Å². The predicted molar refractivity (Wildman–Crippen MR) is 97.5 cm³/mol. The second-order valence-electron chi connectivity index (χ2n) is 6.58. The van der Waals surface area contributed by atoms with Crippen LogP contribution in [-0.2, 0) is 14.2 Å². The first kappa shape index (κ1) is 23.1. The van der Waals surface area contributed by atoms with Crippen molar-refractivity contribution >= 4 is 6.09 Å². The Kier molecular flexibility index (Phi) is 14.0. The van der Waals surface area contributed by atoms with Gasteiger partial charge in [-0.3, -0.25) is 4.90 Å². The molecular formula is C18H38N2O4. The molecule has 0 aromatic rings. The first-order valence-electron chi connectivity index (χ1n) is 9.20. The number of carbonyl (C=O) groups is 1. The van der Waals surface area contributed by atoms with Crippen LogP contribution in [0.1, 0.15) is 47.5 Å². The standard InChI is InChI=1S/C10H21NO2.C8H17NO2/c1-10(2)13-7-3-4-11-5-8-12-9-6-11;1-5-6-9(4)8(10)11-7(2)3/h10H,3-9H2,1-2H3;7H,5-6H2,1-4H3. The Bertz CT molecular complexity index is 305. The average Bonchev–Trinajstić information content (AvgIpc) is 2.52. The number of morpholine rings is 1. The van der Waals surface area contributed by atoms with Gasteiger partial charge in [-0.05, 0) is 40.5 Å². The predicted octanol–water partition coefficient (Wildman–Crippen LogP) is 3.01. The van der Waals surface area contributed by atoms with Gasteiger partial charge in [-0.25, -0.2) is 4.79 Å². The van der Waals surface area contributed by atoms with E-state index >= 15 is 0 Å². The Hall–Kier alpha value is -0.850. The van der Waals surface area contributed by atoms with Crippen molar-refractivity contribution in [3.8, 4) is 0 Å². The second-order valence-corrected chi connectivity index (χ2v) is 6.58. The van der Waals surface area contributed by atoms with Gasteiger partial charge >= 0.3 is 6.09 Å². The molecule has 0 aromatic heterocycles. The fourth-order valence-electron chi connectivity index (χ4n) is 2.15. The van der Waals surface area contributed by atoms with E-state index < -0.39 is 0 Å². The normalized spacial score (nSPS) is 15.2. The van der Waals surface area contributed by atoms with E-state index in [0.29, 0.717) is 6.10 Å². The van der Waals surface area contributed by atoms with Crippen LogP contribution < -0.4 is 0 Å². The van der Waals surface area contributed by atoms with Gasteiger partial charge in [0.25, 0.3) is 0 Å². The summed E-state index contributed by atoms with van der Waals surface area (Å²) in [4.78, 5) is 15.1. The maximum absolute atomic E-state index is 11.0. The Labute approximate surface area is 148 Å². The van der Waals surface area contributed by atoms with Crippen molar-refractivity contribution in [2.24, 2.45) is 0 Å². The van der Waals surface area contributed by atoms with Gasteiger partial charge in [0.2, 0.25) is 0 Å². The number of ether oxygens (including phenoxy) is 3. The molecule has 1 aliphatic rings. The molecule has 0 aromatic carbocycles. The SMILES string of the molecule is CC(C)OCCCN1CCOCC1.CCCN(C)C(=O)OC(C)C. The van der Waals surface area contributed by atoms with Crippen LogP contribution in [0.15, 0.2) is 0 Å². The summed E-state index contributed by atoms with van der Waals surface area (Å²) in [6.45, 7) is 16.6. The first-order valence-corrected chi connectivity index (χ1v) is 9.20. The van der Waals surface area contributed by atoms with Crippen LogP contribution in [0.2, 0.25) is 0 Å². The average molecular weight is 347 g/mol. The summed E-state index contributed by atoms with van der Waals surface area (Å²) >= 11 is 0. The van der Waals surface area contributed by atoms with Gasteiger partial charge in [-0.15, -0.1) is 0 Å². The molecular weight excluding hydrogens is 308 g/mol. The molecule has 0 spiro atoms. The van der Waals surface area contributed by atoms with Crippen LogP contribution in [0.4, 0.5) is 4.79 Å². The molecule has 0 atom stereocenters. The van der Waals surface area contributed by atoms with Gasteiger partial charge in [-0.1, -0.05) is 6.92 Å². The number of hydrogen-bond donors (Lipinski definition) is 0. The minimum Gasteiger partial charge on any atom is -0.447 e. The van der Waals surface area contributed by atoms with E-state index in [2.05, 4.69) is 18.7 Å². The van der Waals surface area contributed by atoms with Gasteiger partial charge in [-0.2, -0.15) is 0 Å². The lowest BCUT2D eigenvalue weighted by Gasteiger charge is -2.26. The molecule has 1 aliphatic heterocycles. The molecule has 0 bridgehead atoms. The smallest absolute Gasteiger partial charge is 0.409 e. The van der Waals surface area contributed by atoms with Gasteiger partial charge in [0.05, 0.1) is 25.4 Å². The van der Waals surface area contributed by atoms with Crippen LogP contribution >= 0.6 is 0 Å². The third kappa shape index (κ3) is 13.6. The summed E-state index contributed by atoms with van der Waals surface area (Å²) in [5.74, 6) is 0. The van der Waals surface area contributed by atoms with Crippen molar-refractivity contribution in [1.29, 1.82) is 0 Å². The number of hydrogen-bond acceptors (Lipinski definition) is 5. The summed E-state index contributed by atoms with van der Waals surface area (Å²) in [5, 5.41) is 0. The third-order valence-corrected chi connectivity index (χ3v) is 3.38. The van der Waals surface area contributed by atoms with Crippen LogP contribution in [-0.4, -0.2) is 81.1 Å². The van der Waals surface area contributed by atoms with E-state index in [9.17, 15) is 4.79 Å². The van der Waals surface area contributed by atoms with E-state index in [-0.39, 0.29) is 12.2 Å². The minimum atomic E-state index is -0.234. The molecule has 0 radical (unpaired) electrons. The summed E-state index contributed by atoms with van der Waals surface area (Å²) in [6.07, 6.45) is 2.20. The summed E-state index contributed by atoms with van der Waals surface area (Å²) in [7, 11) is 1.74. The van der Waals surface area contributed by atoms with Crippen LogP contribution in [0.25, 0.3) is 0 Å². The molecule has 0 saturated carbocycles. The van der Waals surface area contributed by atoms with E-state index in [0.717, 1.165) is 58.8 Å². The van der Waals surface area contributed by atoms with Gasteiger partial charge in [0, 0.05) is 39.8 Å². The zero-order valence-electron chi connectivity index (χ0n) is 16.5. The third-order valence-electron chi connectivity index (χ3n) is 3.38. The topological polar surface area (TPSA) is 51.2 Å². The van der Waals surface area contributed by atoms with E-state index in [1.54, 1.807) is 11.9 Å². The molecule has 1 rings (SSSR count). The molecule has 1 saturated heterocycles. The van der Waals surface area contributed by atoms with Crippen molar-refractivity contribution in [3.05, 3.63) is 0 Å². The molecule has 1 amide bonds. The van der Waals surface area contributed by atoms with Crippen molar-refractivity contribution in [2.45, 2.75) is 59.7 Å². The Balaban J connectivity index is 0.000000449. The molecule has 144 valence electrons. The van der Waals surface area contributed by atoms with E-state index in [1.807, 2.05) is 20.8 Å². The van der Waals surface area contributed by atoms with E-state index in [4.69, 9.17) is 14.2 Å². The quantitative estimate of drug-likeness (QED) is 0.632.